The second kappa shape index (κ2) is 7.82. The highest BCUT2D eigenvalue weighted by atomic mass is 16.1. The minimum absolute atomic E-state index is 0.248. The maximum absolute atomic E-state index is 12.4. The molecule has 0 aliphatic heterocycles. The fourth-order valence-electron chi connectivity index (χ4n) is 2.65. The first kappa shape index (κ1) is 15.6. The van der Waals surface area contributed by atoms with Crippen molar-refractivity contribution >= 4 is 5.78 Å². The minimum atomic E-state index is 0.248. The summed E-state index contributed by atoms with van der Waals surface area (Å²) in [4.78, 5) is 12.4. The van der Waals surface area contributed by atoms with Crippen molar-refractivity contribution in [1.82, 2.24) is 4.57 Å². The SMILES string of the molecule is CCCCCn1cccc1C(=O)CCc1cccc(C)c1. The van der Waals surface area contributed by atoms with Crippen LogP contribution in [-0.2, 0) is 13.0 Å². The van der Waals surface area contributed by atoms with Gasteiger partial charge in [-0.15, -0.1) is 0 Å². The molecule has 21 heavy (non-hydrogen) atoms. The van der Waals surface area contributed by atoms with Gasteiger partial charge in [0.05, 0.1) is 5.69 Å². The standard InChI is InChI=1S/C19H25NO/c1-3-4-5-13-20-14-7-10-18(20)19(21)12-11-17-9-6-8-16(2)15-17/h6-10,14-15H,3-5,11-13H2,1-2H3. The molecule has 0 saturated carbocycles. The monoisotopic (exact) mass is 283 g/mol. The molecule has 0 radical (unpaired) electrons. The first-order valence-corrected chi connectivity index (χ1v) is 7.94. The molecule has 2 heteroatoms. The molecule has 1 aromatic heterocycles. The zero-order valence-electron chi connectivity index (χ0n) is 13.1. The summed E-state index contributed by atoms with van der Waals surface area (Å²) in [5, 5.41) is 0. The molecular weight excluding hydrogens is 258 g/mol. The lowest BCUT2D eigenvalue weighted by molar-refractivity contribution is 0.0973. The van der Waals surface area contributed by atoms with Crippen LogP contribution in [0.2, 0.25) is 0 Å². The van der Waals surface area contributed by atoms with Crippen molar-refractivity contribution < 1.29 is 4.79 Å². The van der Waals surface area contributed by atoms with E-state index in [4.69, 9.17) is 0 Å². The van der Waals surface area contributed by atoms with Gasteiger partial charge >= 0.3 is 0 Å². The highest BCUT2D eigenvalue weighted by Crippen LogP contribution is 2.12. The molecule has 0 bridgehead atoms. The van der Waals surface area contributed by atoms with Crippen LogP contribution in [0.4, 0.5) is 0 Å². The zero-order chi connectivity index (χ0) is 15.1. The fourth-order valence-corrected chi connectivity index (χ4v) is 2.65. The molecule has 0 aliphatic carbocycles. The van der Waals surface area contributed by atoms with Crippen LogP contribution >= 0.6 is 0 Å². The van der Waals surface area contributed by atoms with Crippen LogP contribution in [0.5, 0.6) is 0 Å². The molecule has 1 aromatic carbocycles. The second-order valence-corrected chi connectivity index (χ2v) is 5.71. The van der Waals surface area contributed by atoms with Crippen molar-refractivity contribution in [3.63, 3.8) is 0 Å². The quantitative estimate of drug-likeness (QED) is 0.503. The Labute approximate surface area is 127 Å². The molecule has 0 N–H and O–H groups in total. The third-order valence-electron chi connectivity index (χ3n) is 3.84. The number of hydrogen-bond donors (Lipinski definition) is 0. The lowest BCUT2D eigenvalue weighted by Crippen LogP contribution is -2.09. The number of ketones is 1. The fraction of sp³-hybridized carbons (Fsp3) is 0.421. The molecule has 0 amide bonds. The Bertz CT molecular complexity index is 583. The number of hydrogen-bond acceptors (Lipinski definition) is 1. The van der Waals surface area contributed by atoms with E-state index in [0.29, 0.717) is 6.42 Å². The van der Waals surface area contributed by atoms with Gasteiger partial charge in [0.25, 0.3) is 0 Å². The Morgan fingerprint density at radius 3 is 2.76 bits per heavy atom. The third kappa shape index (κ3) is 4.59. The predicted molar refractivity (Wildman–Crippen MR) is 87.8 cm³/mol. The van der Waals surface area contributed by atoms with Gasteiger partial charge in [-0.25, -0.2) is 0 Å². The van der Waals surface area contributed by atoms with Gasteiger partial charge in [-0.1, -0.05) is 49.6 Å². The predicted octanol–water partition coefficient (Wildman–Crippen LogP) is 4.80. The van der Waals surface area contributed by atoms with Crippen LogP contribution in [0.25, 0.3) is 0 Å². The summed E-state index contributed by atoms with van der Waals surface area (Å²) in [6.45, 7) is 5.24. The van der Waals surface area contributed by atoms with Crippen molar-refractivity contribution in [3.8, 4) is 0 Å². The van der Waals surface area contributed by atoms with Crippen molar-refractivity contribution in [1.29, 1.82) is 0 Å². The normalized spacial score (nSPS) is 10.8. The smallest absolute Gasteiger partial charge is 0.179 e. The van der Waals surface area contributed by atoms with E-state index in [9.17, 15) is 4.79 Å². The number of rotatable bonds is 8. The van der Waals surface area contributed by atoms with Crippen LogP contribution in [0, 0.1) is 6.92 Å². The van der Waals surface area contributed by atoms with Crippen LogP contribution < -0.4 is 0 Å². The summed E-state index contributed by atoms with van der Waals surface area (Å²) >= 11 is 0. The van der Waals surface area contributed by atoms with Crippen molar-refractivity contribution in [2.24, 2.45) is 0 Å². The van der Waals surface area contributed by atoms with Crippen LogP contribution in [0.3, 0.4) is 0 Å². The van der Waals surface area contributed by atoms with Crippen LogP contribution in [0.15, 0.2) is 42.6 Å². The van der Waals surface area contributed by atoms with Crippen molar-refractivity contribution in [2.45, 2.75) is 52.5 Å². The summed E-state index contributed by atoms with van der Waals surface area (Å²) in [7, 11) is 0. The average molecular weight is 283 g/mol. The molecular formula is C19H25NO. The lowest BCUT2D eigenvalue weighted by atomic mass is 10.0. The van der Waals surface area contributed by atoms with E-state index in [2.05, 4.69) is 42.7 Å². The Hall–Kier alpha value is -1.83. The molecule has 2 nitrogen and oxygen atoms in total. The highest BCUT2D eigenvalue weighted by Gasteiger charge is 2.10. The molecule has 0 fully saturated rings. The Balaban J connectivity index is 1.93. The van der Waals surface area contributed by atoms with Gasteiger partial charge in [0.2, 0.25) is 0 Å². The van der Waals surface area contributed by atoms with Gasteiger partial charge in [-0.3, -0.25) is 4.79 Å². The maximum atomic E-state index is 12.4. The average Bonchev–Trinajstić information content (AvgIpc) is 2.94. The van der Waals surface area contributed by atoms with E-state index in [1.54, 1.807) is 0 Å². The number of Topliss-reactive ketones (excluding diaryl/α,β-unsaturated/α-hetero) is 1. The van der Waals surface area contributed by atoms with Gasteiger partial charge in [0, 0.05) is 19.2 Å². The Morgan fingerprint density at radius 2 is 2.00 bits per heavy atom. The molecule has 2 aromatic rings. The van der Waals surface area contributed by atoms with Gasteiger partial charge in [-0.05, 0) is 37.5 Å². The summed E-state index contributed by atoms with van der Waals surface area (Å²) < 4.78 is 2.11. The summed E-state index contributed by atoms with van der Waals surface area (Å²) in [6, 6.07) is 12.3. The van der Waals surface area contributed by atoms with E-state index < -0.39 is 0 Å². The highest BCUT2D eigenvalue weighted by molar-refractivity contribution is 5.94. The molecule has 2 rings (SSSR count). The van der Waals surface area contributed by atoms with E-state index in [-0.39, 0.29) is 5.78 Å². The minimum Gasteiger partial charge on any atom is -0.345 e. The van der Waals surface area contributed by atoms with Crippen molar-refractivity contribution in [3.05, 3.63) is 59.4 Å². The number of carbonyl (C=O) groups is 1. The van der Waals surface area contributed by atoms with Gasteiger partial charge in [-0.2, -0.15) is 0 Å². The van der Waals surface area contributed by atoms with E-state index in [1.165, 1.54) is 24.0 Å². The topological polar surface area (TPSA) is 22.0 Å². The first-order valence-electron chi connectivity index (χ1n) is 7.94. The number of benzene rings is 1. The number of unbranched alkanes of at least 4 members (excludes halogenated alkanes) is 2. The lowest BCUT2D eigenvalue weighted by Gasteiger charge is -2.08. The first-order chi connectivity index (χ1) is 10.2. The zero-order valence-corrected chi connectivity index (χ0v) is 13.1. The number of aryl methyl sites for hydroxylation is 3. The largest absolute Gasteiger partial charge is 0.345 e. The molecule has 0 atom stereocenters. The van der Waals surface area contributed by atoms with Crippen LogP contribution in [-0.4, -0.2) is 10.4 Å². The maximum Gasteiger partial charge on any atom is 0.179 e. The van der Waals surface area contributed by atoms with Gasteiger partial charge in [0.1, 0.15) is 0 Å². The molecule has 1 heterocycles. The Morgan fingerprint density at radius 1 is 1.14 bits per heavy atom. The molecule has 0 aliphatic rings. The summed E-state index contributed by atoms with van der Waals surface area (Å²) in [5.74, 6) is 0.248. The second-order valence-electron chi connectivity index (χ2n) is 5.71. The molecule has 0 spiro atoms. The van der Waals surface area contributed by atoms with Crippen molar-refractivity contribution in [2.75, 3.05) is 0 Å². The summed E-state index contributed by atoms with van der Waals surface area (Å²) in [5.41, 5.74) is 3.36. The van der Waals surface area contributed by atoms with Gasteiger partial charge < -0.3 is 4.57 Å². The molecule has 0 unspecified atom stereocenters. The van der Waals surface area contributed by atoms with Gasteiger partial charge in [0.15, 0.2) is 5.78 Å². The van der Waals surface area contributed by atoms with E-state index in [1.807, 2.05) is 18.3 Å². The number of carbonyl (C=O) groups excluding carboxylic acids is 1. The Kier molecular flexibility index (Phi) is 5.79. The van der Waals surface area contributed by atoms with Crippen LogP contribution in [0.1, 0.15) is 54.2 Å². The summed E-state index contributed by atoms with van der Waals surface area (Å²) in [6.07, 6.45) is 6.99. The third-order valence-corrected chi connectivity index (χ3v) is 3.84. The number of aromatic nitrogens is 1. The van der Waals surface area contributed by atoms with E-state index >= 15 is 0 Å². The molecule has 0 saturated heterocycles. The van der Waals surface area contributed by atoms with E-state index in [0.717, 1.165) is 25.1 Å². The molecule has 112 valence electrons. The number of nitrogens with zero attached hydrogens (tertiary/aromatic N) is 1.